The van der Waals surface area contributed by atoms with Crippen LogP contribution in [0, 0.1) is 0 Å². The lowest BCUT2D eigenvalue weighted by molar-refractivity contribution is 0.277. The third kappa shape index (κ3) is 6.20. The summed E-state index contributed by atoms with van der Waals surface area (Å²) < 4.78 is 7.79. The average Bonchev–Trinajstić information content (AvgIpc) is 2.27. The monoisotopic (exact) mass is 211 g/mol. The molecule has 0 bridgehead atoms. The molecule has 0 atom stereocenters. The highest BCUT2D eigenvalue weighted by atomic mass is 15.2. The van der Waals surface area contributed by atoms with E-state index in [1.165, 1.54) is 0 Å². The van der Waals surface area contributed by atoms with Crippen molar-refractivity contribution in [2.75, 3.05) is 59.4 Å². The van der Waals surface area contributed by atoms with Crippen LogP contribution in [0.2, 0.25) is 1.41 Å². The van der Waals surface area contributed by atoms with Gasteiger partial charge in [0, 0.05) is 26.2 Å². The summed E-state index contributed by atoms with van der Waals surface area (Å²) in [7, 11) is 6.46. The molecule has 0 spiro atoms. The minimum Gasteiger partial charge on any atom is -0.347 e. The molecule has 0 unspecified atom stereocenters. The molecule has 1 fully saturated rings. The zero-order valence-electron chi connectivity index (χ0n) is 11.4. The molecule has 0 amide bonds. The maximum Gasteiger partial charge on any atom is 0.185 e. The van der Waals surface area contributed by atoms with Crippen molar-refractivity contribution in [2.24, 2.45) is 0 Å². The van der Waals surface area contributed by atoms with Crippen LogP contribution in [0.15, 0.2) is 0 Å². The number of hydrogen-bond donors (Lipinski definition) is 1. The van der Waals surface area contributed by atoms with Crippen LogP contribution >= 0.6 is 0 Å². The van der Waals surface area contributed by atoms with Crippen molar-refractivity contribution >= 4 is 16.0 Å². The van der Waals surface area contributed by atoms with E-state index in [1.54, 1.807) is 5.31 Å². The van der Waals surface area contributed by atoms with Crippen LogP contribution in [0.1, 0.15) is 0 Å². The number of nitrogens with zero attached hydrogens (tertiary/aromatic N) is 3. The minimum atomic E-state index is 0.841. The van der Waals surface area contributed by atoms with Crippen LogP contribution < -0.4 is 5.31 Å². The Bertz CT molecular complexity index is 142. The first kappa shape index (κ1) is 11.5. The van der Waals surface area contributed by atoms with Gasteiger partial charge in [0.25, 0.3) is 0 Å². The van der Waals surface area contributed by atoms with Crippen molar-refractivity contribution in [3.8, 4) is 0 Å². The fraction of sp³-hybridized carbons (Fsp3) is 1.00. The summed E-state index contributed by atoms with van der Waals surface area (Å²) in [5.74, 6) is 0. The largest absolute Gasteiger partial charge is 0.347 e. The first-order chi connectivity index (χ1) is 7.58. The van der Waals surface area contributed by atoms with Crippen LogP contribution in [0.5, 0.6) is 0 Å². The molecule has 0 saturated carbocycles. The highest BCUT2D eigenvalue weighted by Gasteiger charge is 2.05. The van der Waals surface area contributed by atoms with Crippen molar-refractivity contribution in [3.63, 3.8) is 0 Å². The number of likely N-dealkylation sites (N-methyl/N-ethyl adjacent to an activating group) is 1. The van der Waals surface area contributed by atoms with Crippen molar-refractivity contribution < 1.29 is 1.41 Å². The summed E-state index contributed by atoms with van der Waals surface area (Å²) in [6, 6.07) is 0. The van der Waals surface area contributed by atoms with E-state index >= 15 is 0 Å². The van der Waals surface area contributed by atoms with Crippen molar-refractivity contribution in [3.05, 3.63) is 0 Å². The second-order valence-corrected chi connectivity index (χ2v) is 4.58. The summed E-state index contributed by atoms with van der Waals surface area (Å²) in [5.41, 5.74) is 0. The molecule has 1 aliphatic heterocycles. The number of rotatable bonds is 0. The van der Waals surface area contributed by atoms with Crippen LogP contribution in [-0.4, -0.2) is 89.9 Å². The summed E-state index contributed by atoms with van der Waals surface area (Å²) in [4.78, 5) is 7.00. The molecule has 1 saturated heterocycles. The Labute approximate surface area is 97.3 Å². The minimum absolute atomic E-state index is 0.841. The zero-order chi connectivity index (χ0) is 12.0. The zero-order valence-corrected chi connectivity index (χ0v) is 10.4. The van der Waals surface area contributed by atoms with Crippen LogP contribution in [0.3, 0.4) is 0 Å². The van der Waals surface area contributed by atoms with Crippen LogP contribution in [-0.2, 0) is 0 Å². The maximum atomic E-state index is 7.79. The van der Waals surface area contributed by atoms with Crippen LogP contribution in [0.4, 0.5) is 0 Å². The number of nitrogens with one attached hydrogen (secondary N) is 1. The SMILES string of the molecule is [2H]N1CCN(B)CCN(B)CCN(C)CC1. The third-order valence-electron chi connectivity index (χ3n) is 3.01. The van der Waals surface area contributed by atoms with Crippen molar-refractivity contribution in [2.45, 2.75) is 0 Å². The average molecular weight is 211 g/mol. The highest BCUT2D eigenvalue weighted by molar-refractivity contribution is 6.05. The summed E-state index contributed by atoms with van der Waals surface area (Å²) >= 11 is 0. The molecule has 1 heterocycles. The van der Waals surface area contributed by atoms with Gasteiger partial charge in [0.2, 0.25) is 0 Å². The van der Waals surface area contributed by atoms with Gasteiger partial charge in [-0.1, -0.05) is 0 Å². The first-order valence-corrected chi connectivity index (χ1v) is 5.87. The quantitative estimate of drug-likeness (QED) is 0.437. The maximum absolute atomic E-state index is 7.79. The van der Waals surface area contributed by atoms with Gasteiger partial charge in [-0.05, 0) is 33.2 Å². The van der Waals surface area contributed by atoms with Crippen LogP contribution in [0.25, 0.3) is 0 Å². The normalized spacial score (nSPS) is 27.9. The highest BCUT2D eigenvalue weighted by Crippen LogP contribution is 1.89. The fourth-order valence-electron chi connectivity index (χ4n) is 1.61. The standard InChI is InChI=1S/C9H24B2N4/c1-13-4-2-12-3-5-14(10)8-9-15(11)7-6-13/h12H,2-11H2,1H3/i/hD. The van der Waals surface area contributed by atoms with Gasteiger partial charge in [0.05, 0.1) is 0 Å². The molecule has 0 aromatic rings. The lowest BCUT2D eigenvalue weighted by Crippen LogP contribution is -2.42. The molecular weight excluding hydrogens is 186 g/mol. The van der Waals surface area contributed by atoms with Gasteiger partial charge in [-0.2, -0.15) is 0 Å². The summed E-state index contributed by atoms with van der Waals surface area (Å²) in [6.45, 7) is 8.07. The van der Waals surface area contributed by atoms with Gasteiger partial charge < -0.3 is 19.8 Å². The predicted octanol–water partition coefficient (Wildman–Crippen LogP) is -2.78. The smallest absolute Gasteiger partial charge is 0.185 e. The Balaban J connectivity index is 2.39. The molecule has 86 valence electrons. The van der Waals surface area contributed by atoms with E-state index in [-0.39, 0.29) is 0 Å². The molecule has 0 aliphatic carbocycles. The van der Waals surface area contributed by atoms with E-state index < -0.39 is 0 Å². The first-order valence-electron chi connectivity index (χ1n) is 6.32. The Morgan fingerprint density at radius 3 is 2.20 bits per heavy atom. The molecule has 0 aromatic carbocycles. The van der Waals surface area contributed by atoms with E-state index in [2.05, 4.69) is 37.5 Å². The molecular formula is C9H24B2N4. The van der Waals surface area contributed by atoms with Crippen molar-refractivity contribution in [1.29, 1.82) is 0 Å². The molecule has 1 N–H and O–H groups in total. The Hall–Kier alpha value is -0.0301. The Morgan fingerprint density at radius 2 is 1.47 bits per heavy atom. The molecule has 15 heavy (non-hydrogen) atoms. The topological polar surface area (TPSA) is 21.8 Å². The van der Waals surface area contributed by atoms with Gasteiger partial charge in [-0.15, -0.1) is 0 Å². The Morgan fingerprint density at radius 1 is 0.933 bits per heavy atom. The molecule has 6 heteroatoms. The predicted molar refractivity (Wildman–Crippen MR) is 70.6 cm³/mol. The molecule has 1 aliphatic rings. The van der Waals surface area contributed by atoms with E-state index in [0.717, 1.165) is 52.4 Å². The van der Waals surface area contributed by atoms with E-state index in [9.17, 15) is 0 Å². The van der Waals surface area contributed by atoms with Gasteiger partial charge >= 0.3 is 0 Å². The molecule has 4 nitrogen and oxygen atoms in total. The summed E-state index contributed by atoms with van der Waals surface area (Å²) in [6.07, 6.45) is 0. The lowest BCUT2D eigenvalue weighted by atomic mass is 10.2. The lowest BCUT2D eigenvalue weighted by Gasteiger charge is -2.26. The fourth-order valence-corrected chi connectivity index (χ4v) is 1.61. The third-order valence-corrected chi connectivity index (χ3v) is 3.01. The van der Waals surface area contributed by atoms with Gasteiger partial charge in [-0.3, -0.25) is 0 Å². The van der Waals surface area contributed by atoms with Gasteiger partial charge in [0.15, 0.2) is 16.0 Å². The van der Waals surface area contributed by atoms with Gasteiger partial charge in [0.1, 0.15) is 1.41 Å². The molecule has 1 rings (SSSR count). The van der Waals surface area contributed by atoms with E-state index in [4.69, 9.17) is 1.41 Å². The number of hydrogen-bond acceptors (Lipinski definition) is 4. The second-order valence-electron chi connectivity index (χ2n) is 4.58. The van der Waals surface area contributed by atoms with Gasteiger partial charge in [-0.25, -0.2) is 0 Å². The summed E-state index contributed by atoms with van der Waals surface area (Å²) in [5, 5.41) is 1.68. The Kier molecular flexibility index (Phi) is 5.56. The van der Waals surface area contributed by atoms with Crippen molar-refractivity contribution in [1.82, 2.24) is 19.8 Å². The van der Waals surface area contributed by atoms with E-state index in [1.807, 2.05) is 0 Å². The molecule has 0 radical (unpaired) electrons. The molecule has 0 aromatic heterocycles. The van der Waals surface area contributed by atoms with E-state index in [0.29, 0.717) is 0 Å². The second kappa shape index (κ2) is 7.28.